The van der Waals surface area contributed by atoms with Crippen molar-refractivity contribution in [2.75, 3.05) is 0 Å². The molecule has 0 spiro atoms. The molecule has 1 unspecified atom stereocenters. The molecule has 128 valence electrons. The van der Waals surface area contributed by atoms with Gasteiger partial charge in [0.05, 0.1) is 11.3 Å². The molecular weight excluding hydrogens is 316 g/mol. The summed E-state index contributed by atoms with van der Waals surface area (Å²) < 4.78 is 1.80. The van der Waals surface area contributed by atoms with Crippen LogP contribution >= 0.6 is 0 Å². The topological polar surface area (TPSA) is 89.5 Å². The van der Waals surface area contributed by atoms with Gasteiger partial charge in [0.25, 0.3) is 5.91 Å². The van der Waals surface area contributed by atoms with Gasteiger partial charge in [-0.25, -0.2) is 4.98 Å². The first-order chi connectivity index (χ1) is 12.0. The second kappa shape index (κ2) is 6.76. The quantitative estimate of drug-likeness (QED) is 0.749. The van der Waals surface area contributed by atoms with Crippen LogP contribution in [0.4, 0.5) is 0 Å². The van der Waals surface area contributed by atoms with E-state index in [1.165, 1.54) is 0 Å². The highest BCUT2D eigenvalue weighted by Gasteiger charge is 2.22. The van der Waals surface area contributed by atoms with E-state index in [-0.39, 0.29) is 11.8 Å². The molecule has 2 aromatic heterocycles. The van der Waals surface area contributed by atoms with E-state index < -0.39 is 11.9 Å². The third-order valence-corrected chi connectivity index (χ3v) is 4.04. The normalized spacial score (nSPS) is 12.3. The van der Waals surface area contributed by atoms with E-state index >= 15 is 0 Å². The maximum absolute atomic E-state index is 12.4. The molecule has 2 amide bonds. The molecule has 25 heavy (non-hydrogen) atoms. The Morgan fingerprint density at radius 1 is 1.08 bits per heavy atom. The molecule has 6 heteroatoms. The van der Waals surface area contributed by atoms with Gasteiger partial charge >= 0.3 is 0 Å². The summed E-state index contributed by atoms with van der Waals surface area (Å²) in [5.74, 6) is -0.962. The fourth-order valence-electron chi connectivity index (χ4n) is 2.67. The molecular formula is C19H20N4O2. The SMILES string of the molecule is CC(C)C(NC(=O)c1ccc2nc(-c3ccccc3)cn2c1)C(N)=O. The number of nitrogens with two attached hydrogens (primary N) is 1. The van der Waals surface area contributed by atoms with Crippen LogP contribution in [0.2, 0.25) is 0 Å². The third kappa shape index (κ3) is 3.52. The minimum atomic E-state index is -0.703. The number of rotatable bonds is 5. The van der Waals surface area contributed by atoms with E-state index in [0.29, 0.717) is 5.56 Å². The number of carbonyl (C=O) groups excluding carboxylic acids is 2. The number of nitrogens with zero attached hydrogens (tertiary/aromatic N) is 2. The Kier molecular flexibility index (Phi) is 4.52. The zero-order valence-electron chi connectivity index (χ0n) is 14.1. The number of amides is 2. The van der Waals surface area contributed by atoms with E-state index in [2.05, 4.69) is 10.3 Å². The summed E-state index contributed by atoms with van der Waals surface area (Å²) in [6, 6.07) is 12.6. The fraction of sp³-hybridized carbons (Fsp3) is 0.211. The summed E-state index contributed by atoms with van der Waals surface area (Å²) >= 11 is 0. The predicted octanol–water partition coefficient (Wildman–Crippen LogP) is 2.24. The summed E-state index contributed by atoms with van der Waals surface area (Å²) in [7, 11) is 0. The minimum Gasteiger partial charge on any atom is -0.368 e. The van der Waals surface area contributed by atoms with Gasteiger partial charge in [-0.2, -0.15) is 0 Å². The number of hydrogen-bond donors (Lipinski definition) is 2. The van der Waals surface area contributed by atoms with Crippen LogP contribution in [0.1, 0.15) is 24.2 Å². The van der Waals surface area contributed by atoms with Crippen LogP contribution in [0.3, 0.4) is 0 Å². The zero-order valence-corrected chi connectivity index (χ0v) is 14.1. The van der Waals surface area contributed by atoms with Crippen molar-refractivity contribution in [2.45, 2.75) is 19.9 Å². The molecule has 1 aromatic carbocycles. The smallest absolute Gasteiger partial charge is 0.253 e. The van der Waals surface area contributed by atoms with Crippen molar-refractivity contribution in [3.05, 3.63) is 60.4 Å². The number of benzene rings is 1. The lowest BCUT2D eigenvalue weighted by atomic mass is 10.0. The average molecular weight is 336 g/mol. The van der Waals surface area contributed by atoms with Crippen LogP contribution in [0.25, 0.3) is 16.9 Å². The van der Waals surface area contributed by atoms with Crippen molar-refractivity contribution in [1.29, 1.82) is 0 Å². The molecule has 0 saturated heterocycles. The highest BCUT2D eigenvalue weighted by Crippen LogP contribution is 2.19. The number of pyridine rings is 1. The van der Waals surface area contributed by atoms with E-state index in [1.807, 2.05) is 50.4 Å². The average Bonchev–Trinajstić information content (AvgIpc) is 3.02. The number of carbonyl (C=O) groups is 2. The lowest BCUT2D eigenvalue weighted by Gasteiger charge is -2.18. The summed E-state index contributed by atoms with van der Waals surface area (Å²) in [5.41, 5.74) is 8.37. The van der Waals surface area contributed by atoms with Crippen molar-refractivity contribution < 1.29 is 9.59 Å². The van der Waals surface area contributed by atoms with E-state index in [9.17, 15) is 9.59 Å². The second-order valence-corrected chi connectivity index (χ2v) is 6.27. The van der Waals surface area contributed by atoms with Gasteiger partial charge in [-0.1, -0.05) is 44.2 Å². The number of hydrogen-bond acceptors (Lipinski definition) is 3. The number of primary amides is 1. The van der Waals surface area contributed by atoms with Crippen molar-refractivity contribution >= 4 is 17.5 Å². The summed E-state index contributed by atoms with van der Waals surface area (Å²) in [5, 5.41) is 2.69. The van der Waals surface area contributed by atoms with Crippen LogP contribution in [-0.2, 0) is 4.79 Å². The molecule has 0 bridgehead atoms. The molecule has 0 aliphatic heterocycles. The summed E-state index contributed by atoms with van der Waals surface area (Å²) in [4.78, 5) is 28.5. The Labute approximate surface area is 145 Å². The molecule has 2 heterocycles. The lowest BCUT2D eigenvalue weighted by molar-refractivity contribution is -0.120. The third-order valence-electron chi connectivity index (χ3n) is 4.04. The van der Waals surface area contributed by atoms with Gasteiger partial charge in [-0.05, 0) is 18.1 Å². The van der Waals surface area contributed by atoms with E-state index in [0.717, 1.165) is 16.9 Å². The largest absolute Gasteiger partial charge is 0.368 e. The van der Waals surface area contributed by atoms with Crippen LogP contribution in [0.15, 0.2) is 54.9 Å². The van der Waals surface area contributed by atoms with Gasteiger partial charge < -0.3 is 15.5 Å². The van der Waals surface area contributed by atoms with Crippen LogP contribution < -0.4 is 11.1 Å². The predicted molar refractivity (Wildman–Crippen MR) is 95.9 cm³/mol. The Bertz CT molecular complexity index is 916. The first-order valence-electron chi connectivity index (χ1n) is 8.10. The van der Waals surface area contributed by atoms with Crippen molar-refractivity contribution in [3.8, 4) is 11.3 Å². The van der Waals surface area contributed by atoms with Crippen LogP contribution in [0.5, 0.6) is 0 Å². The van der Waals surface area contributed by atoms with Crippen molar-refractivity contribution in [2.24, 2.45) is 11.7 Å². The molecule has 1 atom stereocenters. The number of nitrogens with one attached hydrogen (secondary N) is 1. The van der Waals surface area contributed by atoms with Gasteiger partial charge in [0.15, 0.2) is 0 Å². The number of imidazole rings is 1. The summed E-state index contributed by atoms with van der Waals surface area (Å²) in [6.45, 7) is 3.67. The standard InChI is InChI=1S/C19H20N4O2/c1-12(2)17(18(20)24)22-19(25)14-8-9-16-21-15(11-23(16)10-14)13-6-4-3-5-7-13/h3-12,17H,1-2H3,(H2,20,24)(H,22,25). The van der Waals surface area contributed by atoms with E-state index in [4.69, 9.17) is 5.73 Å². The maximum atomic E-state index is 12.4. The Hall–Kier alpha value is -3.15. The van der Waals surface area contributed by atoms with Crippen molar-refractivity contribution in [3.63, 3.8) is 0 Å². The Morgan fingerprint density at radius 2 is 1.80 bits per heavy atom. The molecule has 0 aliphatic carbocycles. The fourth-order valence-corrected chi connectivity index (χ4v) is 2.67. The van der Waals surface area contributed by atoms with Gasteiger partial charge in [-0.15, -0.1) is 0 Å². The van der Waals surface area contributed by atoms with Crippen LogP contribution in [-0.4, -0.2) is 27.2 Å². The highest BCUT2D eigenvalue weighted by atomic mass is 16.2. The first-order valence-corrected chi connectivity index (χ1v) is 8.10. The highest BCUT2D eigenvalue weighted by molar-refractivity contribution is 5.97. The number of aromatic nitrogens is 2. The second-order valence-electron chi connectivity index (χ2n) is 6.27. The molecule has 6 nitrogen and oxygen atoms in total. The van der Waals surface area contributed by atoms with Gasteiger partial charge in [0, 0.05) is 18.0 Å². The molecule has 0 saturated carbocycles. The molecule has 0 radical (unpaired) electrons. The Morgan fingerprint density at radius 3 is 2.44 bits per heavy atom. The zero-order chi connectivity index (χ0) is 18.0. The Balaban J connectivity index is 1.88. The molecule has 0 fully saturated rings. The maximum Gasteiger partial charge on any atom is 0.253 e. The monoisotopic (exact) mass is 336 g/mol. The van der Waals surface area contributed by atoms with E-state index in [1.54, 1.807) is 22.7 Å². The number of fused-ring (bicyclic) bond motifs is 1. The van der Waals surface area contributed by atoms with Gasteiger partial charge in [0.1, 0.15) is 11.7 Å². The minimum absolute atomic E-state index is 0.0805. The molecule has 3 aromatic rings. The molecule has 3 rings (SSSR count). The summed E-state index contributed by atoms with van der Waals surface area (Å²) in [6.07, 6.45) is 3.57. The molecule has 0 aliphatic rings. The van der Waals surface area contributed by atoms with Gasteiger partial charge in [0.2, 0.25) is 5.91 Å². The van der Waals surface area contributed by atoms with Crippen LogP contribution in [0, 0.1) is 5.92 Å². The molecule has 3 N–H and O–H groups in total. The lowest BCUT2D eigenvalue weighted by Crippen LogP contribution is -2.47. The van der Waals surface area contributed by atoms with Gasteiger partial charge in [-0.3, -0.25) is 9.59 Å². The van der Waals surface area contributed by atoms with Crippen molar-refractivity contribution in [1.82, 2.24) is 14.7 Å². The first kappa shape index (κ1) is 16.7.